The highest BCUT2D eigenvalue weighted by atomic mass is 19.1. The summed E-state index contributed by atoms with van der Waals surface area (Å²) in [5.41, 5.74) is 5.95. The molecule has 3 atom stereocenters. The van der Waals surface area contributed by atoms with Gasteiger partial charge in [0.05, 0.1) is 17.5 Å². The second kappa shape index (κ2) is 10.8. The Bertz CT molecular complexity index is 790. The topological polar surface area (TPSA) is 75.9 Å². The molecule has 2 aliphatic heterocycles. The molecule has 2 aliphatic rings. The molecule has 2 fully saturated rings. The van der Waals surface area contributed by atoms with E-state index in [9.17, 15) is 14.0 Å². The van der Waals surface area contributed by atoms with E-state index in [1.165, 1.54) is 25.0 Å². The third-order valence-electron chi connectivity index (χ3n) is 7.41. The van der Waals surface area contributed by atoms with Gasteiger partial charge in [0.2, 0.25) is 5.91 Å². The average molecular weight is 448 g/mol. The van der Waals surface area contributed by atoms with Gasteiger partial charge in [-0.25, -0.2) is 4.39 Å². The van der Waals surface area contributed by atoms with Gasteiger partial charge in [0.15, 0.2) is 0 Å². The minimum atomic E-state index is -0.808. The molecule has 1 aromatic carbocycles. The molecule has 0 bridgehead atoms. The van der Waals surface area contributed by atoms with Gasteiger partial charge >= 0.3 is 5.97 Å². The molecule has 2 saturated heterocycles. The third kappa shape index (κ3) is 4.99. The molecule has 3 rings (SSSR count). The summed E-state index contributed by atoms with van der Waals surface area (Å²) >= 11 is 0. The van der Waals surface area contributed by atoms with Gasteiger partial charge in [0.1, 0.15) is 12.4 Å². The smallest absolute Gasteiger partial charge is 0.314 e. The minimum Gasteiger partial charge on any atom is -0.464 e. The molecule has 6 nitrogen and oxygen atoms in total. The van der Waals surface area contributed by atoms with Crippen molar-refractivity contribution >= 4 is 11.9 Å². The molecule has 0 saturated carbocycles. The maximum absolute atomic E-state index is 14.0. The van der Waals surface area contributed by atoms with Crippen molar-refractivity contribution in [1.82, 2.24) is 9.80 Å². The van der Waals surface area contributed by atoms with Crippen LogP contribution in [0, 0.1) is 11.2 Å². The molecule has 0 spiro atoms. The summed E-state index contributed by atoms with van der Waals surface area (Å²) in [6.07, 6.45) is 4.84. The molecule has 1 amide bonds. The number of ether oxygens (including phenoxy) is 1. The van der Waals surface area contributed by atoms with Crippen LogP contribution < -0.4 is 5.73 Å². The van der Waals surface area contributed by atoms with Gasteiger partial charge < -0.3 is 15.4 Å². The number of carbonyl (C=O) groups excluding carboxylic acids is 2. The van der Waals surface area contributed by atoms with Crippen LogP contribution in [-0.4, -0.2) is 60.0 Å². The third-order valence-corrected chi connectivity index (χ3v) is 7.41. The first-order chi connectivity index (χ1) is 15.3. The van der Waals surface area contributed by atoms with E-state index < -0.39 is 11.5 Å². The van der Waals surface area contributed by atoms with Crippen molar-refractivity contribution in [1.29, 1.82) is 0 Å². The van der Waals surface area contributed by atoms with Crippen molar-refractivity contribution in [3.63, 3.8) is 0 Å². The van der Waals surface area contributed by atoms with Crippen molar-refractivity contribution in [2.75, 3.05) is 26.2 Å². The van der Waals surface area contributed by atoms with Crippen LogP contribution in [0.1, 0.15) is 70.9 Å². The van der Waals surface area contributed by atoms with Crippen LogP contribution in [0.2, 0.25) is 0 Å². The number of carbonyl (C=O) groups is 2. The number of esters is 1. The first kappa shape index (κ1) is 24.6. The number of hydrogen-bond acceptors (Lipinski definition) is 5. The highest BCUT2D eigenvalue weighted by Crippen LogP contribution is 2.47. The van der Waals surface area contributed by atoms with Crippen molar-refractivity contribution in [3.05, 3.63) is 35.6 Å². The van der Waals surface area contributed by atoms with Crippen molar-refractivity contribution in [3.8, 4) is 0 Å². The van der Waals surface area contributed by atoms with Crippen LogP contribution >= 0.6 is 0 Å². The van der Waals surface area contributed by atoms with E-state index in [1.54, 1.807) is 17.9 Å². The normalized spacial score (nSPS) is 22.8. The fraction of sp³-hybridized carbons (Fsp3) is 0.680. The zero-order chi connectivity index (χ0) is 23.3. The largest absolute Gasteiger partial charge is 0.464 e. The van der Waals surface area contributed by atoms with E-state index in [1.807, 2.05) is 19.9 Å². The standard InChI is InChI=1S/C25H38FN3O3/c1-4-25(5-2,24(31)32-16-15-28-13-6-7-14-28)22-12-11-21(29(22)23(30)18(3)27)19-9-8-10-20(26)17-19/h8-10,17-18,21-22H,4-7,11-16,27H2,1-3H3/t18-,21+,22-/m1/s1. The van der Waals surface area contributed by atoms with E-state index in [2.05, 4.69) is 4.90 Å². The highest BCUT2D eigenvalue weighted by Gasteiger charge is 2.53. The lowest BCUT2D eigenvalue weighted by Crippen LogP contribution is -2.55. The Morgan fingerprint density at radius 1 is 1.22 bits per heavy atom. The molecular weight excluding hydrogens is 409 g/mol. The van der Waals surface area contributed by atoms with E-state index in [-0.39, 0.29) is 29.8 Å². The molecule has 32 heavy (non-hydrogen) atoms. The molecule has 2 heterocycles. The van der Waals surface area contributed by atoms with Gasteiger partial charge in [-0.05, 0) is 76.2 Å². The van der Waals surface area contributed by atoms with Crippen LogP contribution in [-0.2, 0) is 14.3 Å². The van der Waals surface area contributed by atoms with E-state index >= 15 is 0 Å². The lowest BCUT2D eigenvalue weighted by atomic mass is 9.74. The van der Waals surface area contributed by atoms with E-state index in [0.717, 1.165) is 25.2 Å². The van der Waals surface area contributed by atoms with Crippen molar-refractivity contribution < 1.29 is 18.7 Å². The van der Waals surface area contributed by atoms with Crippen LogP contribution in [0.4, 0.5) is 4.39 Å². The highest BCUT2D eigenvalue weighted by molar-refractivity contribution is 5.84. The minimum absolute atomic E-state index is 0.210. The summed E-state index contributed by atoms with van der Waals surface area (Å²) in [6, 6.07) is 5.03. The lowest BCUT2D eigenvalue weighted by Gasteiger charge is -2.42. The first-order valence-corrected chi connectivity index (χ1v) is 12.1. The van der Waals surface area contributed by atoms with Crippen LogP contribution in [0.5, 0.6) is 0 Å². The monoisotopic (exact) mass is 447 g/mol. The molecule has 0 radical (unpaired) electrons. The van der Waals surface area contributed by atoms with Crippen LogP contribution in [0.15, 0.2) is 24.3 Å². The second-order valence-corrected chi connectivity index (χ2v) is 9.25. The Morgan fingerprint density at radius 2 is 1.91 bits per heavy atom. The molecule has 0 aromatic heterocycles. The molecular formula is C25H38FN3O3. The van der Waals surface area contributed by atoms with Crippen molar-refractivity contribution in [2.45, 2.75) is 77.4 Å². The predicted molar refractivity (Wildman–Crippen MR) is 122 cm³/mol. The Labute approximate surface area is 191 Å². The Balaban J connectivity index is 1.85. The summed E-state index contributed by atoms with van der Waals surface area (Å²) in [6.45, 7) is 8.84. The van der Waals surface area contributed by atoms with Crippen molar-refractivity contribution in [2.24, 2.45) is 11.1 Å². The summed E-state index contributed by atoms with van der Waals surface area (Å²) in [4.78, 5) is 30.8. The molecule has 7 heteroatoms. The fourth-order valence-corrected chi connectivity index (χ4v) is 5.50. The van der Waals surface area contributed by atoms with Gasteiger partial charge in [0.25, 0.3) is 0 Å². The SMILES string of the molecule is CCC(CC)(C(=O)OCCN1CCCC1)[C@H]1CC[C@@H](c2cccc(F)c2)N1C(=O)[C@@H](C)N. The summed E-state index contributed by atoms with van der Waals surface area (Å²) in [7, 11) is 0. The van der Waals surface area contributed by atoms with Crippen LogP contribution in [0.25, 0.3) is 0 Å². The molecule has 1 aromatic rings. The van der Waals surface area contributed by atoms with Gasteiger partial charge in [-0.2, -0.15) is 0 Å². The Morgan fingerprint density at radius 3 is 2.50 bits per heavy atom. The summed E-state index contributed by atoms with van der Waals surface area (Å²) in [5, 5.41) is 0. The van der Waals surface area contributed by atoms with E-state index in [0.29, 0.717) is 32.3 Å². The Hall–Kier alpha value is -1.99. The number of likely N-dealkylation sites (tertiary alicyclic amines) is 2. The Kier molecular flexibility index (Phi) is 8.28. The zero-order valence-electron chi connectivity index (χ0n) is 19.7. The second-order valence-electron chi connectivity index (χ2n) is 9.25. The number of amides is 1. The predicted octanol–water partition coefficient (Wildman–Crippen LogP) is 3.65. The molecule has 178 valence electrons. The van der Waals surface area contributed by atoms with Gasteiger partial charge in [-0.1, -0.05) is 26.0 Å². The molecule has 0 unspecified atom stereocenters. The van der Waals surface area contributed by atoms with Crippen LogP contribution in [0.3, 0.4) is 0 Å². The molecule has 0 aliphatic carbocycles. The maximum Gasteiger partial charge on any atom is 0.314 e. The van der Waals surface area contributed by atoms with Gasteiger partial charge in [-0.15, -0.1) is 0 Å². The number of nitrogens with two attached hydrogens (primary N) is 1. The summed E-state index contributed by atoms with van der Waals surface area (Å²) in [5.74, 6) is -0.787. The first-order valence-electron chi connectivity index (χ1n) is 12.1. The number of rotatable bonds is 9. The van der Waals surface area contributed by atoms with Gasteiger partial charge in [-0.3, -0.25) is 14.5 Å². The van der Waals surface area contributed by atoms with E-state index in [4.69, 9.17) is 10.5 Å². The summed E-state index contributed by atoms with van der Waals surface area (Å²) < 4.78 is 19.8. The number of halogens is 1. The quantitative estimate of drug-likeness (QED) is 0.585. The zero-order valence-corrected chi connectivity index (χ0v) is 19.7. The average Bonchev–Trinajstić information content (AvgIpc) is 3.45. The lowest BCUT2D eigenvalue weighted by molar-refractivity contribution is -0.163. The number of nitrogens with zero attached hydrogens (tertiary/aromatic N) is 2. The molecule has 2 N–H and O–H groups in total. The number of hydrogen-bond donors (Lipinski definition) is 1. The fourth-order valence-electron chi connectivity index (χ4n) is 5.50. The van der Waals surface area contributed by atoms with Gasteiger partial charge in [0, 0.05) is 12.6 Å². The maximum atomic E-state index is 14.0. The number of benzene rings is 1.